The second-order valence-electron chi connectivity index (χ2n) is 8.48. The third-order valence-corrected chi connectivity index (χ3v) is 6.31. The largest absolute Gasteiger partial charge is 0.373 e. The van der Waals surface area contributed by atoms with Crippen LogP contribution in [0.2, 0.25) is 0 Å². The summed E-state index contributed by atoms with van der Waals surface area (Å²) in [6, 6.07) is 11.1. The minimum atomic E-state index is 0.215. The molecule has 0 aliphatic carbocycles. The number of aromatic nitrogens is 3. The first-order valence-electron chi connectivity index (χ1n) is 11.4. The maximum absolute atomic E-state index is 6.17. The minimum Gasteiger partial charge on any atom is -0.373 e. The summed E-state index contributed by atoms with van der Waals surface area (Å²) in [6.07, 6.45) is 2.49. The number of hydrogen-bond donors (Lipinski definition) is 1. The van der Waals surface area contributed by atoms with Crippen LogP contribution in [0.4, 0.5) is 0 Å². The summed E-state index contributed by atoms with van der Waals surface area (Å²) in [6.45, 7) is 10.1. The number of nitrogens with zero attached hydrogens (tertiary/aromatic N) is 6. The Labute approximate surface area is 185 Å². The third kappa shape index (κ3) is 5.25. The van der Waals surface area contributed by atoms with Gasteiger partial charge in [-0.3, -0.25) is 4.90 Å². The van der Waals surface area contributed by atoms with Crippen molar-refractivity contribution in [3.05, 3.63) is 47.5 Å². The van der Waals surface area contributed by atoms with Crippen molar-refractivity contribution in [2.75, 3.05) is 32.8 Å². The summed E-state index contributed by atoms with van der Waals surface area (Å²) in [7, 11) is 1.99. The lowest BCUT2D eigenvalue weighted by atomic mass is 10.1. The van der Waals surface area contributed by atoms with E-state index in [-0.39, 0.29) is 6.10 Å². The van der Waals surface area contributed by atoms with Crippen LogP contribution >= 0.6 is 0 Å². The molecule has 3 heterocycles. The molecule has 1 N–H and O–H groups in total. The fraction of sp³-hybridized carbons (Fsp3) is 0.609. The van der Waals surface area contributed by atoms with Crippen molar-refractivity contribution in [2.45, 2.75) is 51.9 Å². The number of unbranched alkanes of at least 4 members (excludes halogenated alkanes) is 1. The standard InChI is InChI=1S/C23H35N7O/c1-4-5-11-24-23(25-14-22-27-26-18(2)28(22)3)30-16-20-21(17-30)31-13-12-29(20)15-19-9-7-6-8-10-19/h6-10,20-21H,4-5,11-17H2,1-3H3,(H,24,25). The molecule has 1 aromatic carbocycles. The summed E-state index contributed by atoms with van der Waals surface area (Å²) in [5, 5.41) is 12.0. The van der Waals surface area contributed by atoms with E-state index in [1.807, 2.05) is 18.5 Å². The molecule has 2 aromatic rings. The van der Waals surface area contributed by atoms with Gasteiger partial charge in [0.1, 0.15) is 12.4 Å². The Balaban J connectivity index is 1.46. The highest BCUT2D eigenvalue weighted by Crippen LogP contribution is 2.25. The van der Waals surface area contributed by atoms with Gasteiger partial charge in [-0.2, -0.15) is 0 Å². The maximum Gasteiger partial charge on any atom is 0.194 e. The highest BCUT2D eigenvalue weighted by molar-refractivity contribution is 5.80. The first-order valence-corrected chi connectivity index (χ1v) is 11.4. The van der Waals surface area contributed by atoms with E-state index in [9.17, 15) is 0 Å². The summed E-state index contributed by atoms with van der Waals surface area (Å²) in [5.74, 6) is 2.74. The second-order valence-corrected chi connectivity index (χ2v) is 8.48. The van der Waals surface area contributed by atoms with E-state index in [0.717, 1.165) is 69.8 Å². The fourth-order valence-electron chi connectivity index (χ4n) is 4.32. The average Bonchev–Trinajstić information content (AvgIpc) is 3.36. The number of fused-ring (bicyclic) bond motifs is 1. The highest BCUT2D eigenvalue weighted by Gasteiger charge is 2.41. The Morgan fingerprint density at radius 2 is 2.06 bits per heavy atom. The van der Waals surface area contributed by atoms with E-state index < -0.39 is 0 Å². The van der Waals surface area contributed by atoms with Crippen LogP contribution < -0.4 is 5.32 Å². The van der Waals surface area contributed by atoms with Gasteiger partial charge >= 0.3 is 0 Å². The molecule has 4 rings (SSSR count). The van der Waals surface area contributed by atoms with E-state index >= 15 is 0 Å². The van der Waals surface area contributed by atoms with Crippen molar-refractivity contribution in [1.82, 2.24) is 29.9 Å². The van der Waals surface area contributed by atoms with Gasteiger partial charge in [0.2, 0.25) is 0 Å². The Morgan fingerprint density at radius 1 is 1.23 bits per heavy atom. The molecule has 2 atom stereocenters. The van der Waals surface area contributed by atoms with Crippen LogP contribution in [-0.2, 0) is 24.9 Å². The molecule has 2 fully saturated rings. The van der Waals surface area contributed by atoms with Crippen molar-refractivity contribution in [3.63, 3.8) is 0 Å². The number of likely N-dealkylation sites (tertiary alicyclic amines) is 1. The Hall–Kier alpha value is -2.45. The van der Waals surface area contributed by atoms with E-state index in [2.05, 4.69) is 62.6 Å². The smallest absolute Gasteiger partial charge is 0.194 e. The Morgan fingerprint density at radius 3 is 2.81 bits per heavy atom. The number of morpholine rings is 1. The van der Waals surface area contributed by atoms with Gasteiger partial charge in [-0.25, -0.2) is 4.99 Å². The van der Waals surface area contributed by atoms with Gasteiger partial charge in [0, 0.05) is 39.8 Å². The first kappa shape index (κ1) is 21.8. The van der Waals surface area contributed by atoms with Crippen LogP contribution in [0.1, 0.15) is 37.0 Å². The predicted molar refractivity (Wildman–Crippen MR) is 122 cm³/mol. The summed E-state index contributed by atoms with van der Waals surface area (Å²) in [5.41, 5.74) is 1.36. The number of benzene rings is 1. The van der Waals surface area contributed by atoms with Gasteiger partial charge in [0.15, 0.2) is 11.8 Å². The van der Waals surface area contributed by atoms with E-state index in [1.165, 1.54) is 5.56 Å². The molecule has 0 amide bonds. The lowest BCUT2D eigenvalue weighted by Crippen LogP contribution is -2.50. The van der Waals surface area contributed by atoms with Gasteiger partial charge in [0.05, 0.1) is 18.8 Å². The van der Waals surface area contributed by atoms with Crippen LogP contribution in [0.5, 0.6) is 0 Å². The molecular weight excluding hydrogens is 390 g/mol. The fourth-order valence-corrected chi connectivity index (χ4v) is 4.32. The Kier molecular flexibility index (Phi) is 7.19. The SMILES string of the molecule is CCCCNC(=NCc1nnc(C)n1C)N1CC2OCCN(Cc3ccccc3)C2C1. The molecule has 0 spiro atoms. The molecule has 0 saturated carbocycles. The van der Waals surface area contributed by atoms with Crippen LogP contribution in [0.3, 0.4) is 0 Å². The zero-order chi connectivity index (χ0) is 21.6. The van der Waals surface area contributed by atoms with E-state index in [4.69, 9.17) is 9.73 Å². The zero-order valence-corrected chi connectivity index (χ0v) is 19.0. The van der Waals surface area contributed by atoms with E-state index in [0.29, 0.717) is 12.6 Å². The maximum atomic E-state index is 6.17. The molecule has 0 bridgehead atoms. The second kappa shape index (κ2) is 10.2. The summed E-state index contributed by atoms with van der Waals surface area (Å²) >= 11 is 0. The minimum absolute atomic E-state index is 0.215. The number of aliphatic imine (C=N–C) groups is 1. The third-order valence-electron chi connectivity index (χ3n) is 6.31. The molecule has 2 unspecified atom stereocenters. The molecule has 2 aliphatic heterocycles. The number of aryl methyl sites for hydroxylation is 1. The highest BCUT2D eigenvalue weighted by atomic mass is 16.5. The van der Waals surface area contributed by atoms with Crippen LogP contribution in [0.25, 0.3) is 0 Å². The normalized spacial score (nSPS) is 22.0. The molecule has 8 heteroatoms. The predicted octanol–water partition coefficient (Wildman–Crippen LogP) is 1.95. The molecule has 2 aliphatic rings. The molecular formula is C23H35N7O. The van der Waals surface area contributed by atoms with Gasteiger partial charge in [-0.05, 0) is 18.9 Å². The number of guanidine groups is 1. The number of nitrogens with one attached hydrogen (secondary N) is 1. The van der Waals surface area contributed by atoms with Gasteiger partial charge in [0.25, 0.3) is 0 Å². The number of hydrogen-bond acceptors (Lipinski definition) is 5. The van der Waals surface area contributed by atoms with E-state index in [1.54, 1.807) is 0 Å². The number of ether oxygens (including phenoxy) is 1. The average molecular weight is 426 g/mol. The monoisotopic (exact) mass is 425 g/mol. The van der Waals surface area contributed by atoms with Gasteiger partial charge in [-0.15, -0.1) is 10.2 Å². The topological polar surface area (TPSA) is 70.8 Å². The molecule has 168 valence electrons. The molecule has 8 nitrogen and oxygen atoms in total. The van der Waals surface area contributed by atoms with Crippen LogP contribution in [-0.4, -0.2) is 75.5 Å². The molecule has 31 heavy (non-hydrogen) atoms. The Bertz CT molecular complexity index is 866. The van der Waals surface area contributed by atoms with Crippen molar-refractivity contribution in [1.29, 1.82) is 0 Å². The van der Waals surface area contributed by atoms with Crippen LogP contribution in [0, 0.1) is 6.92 Å². The summed E-state index contributed by atoms with van der Waals surface area (Å²) < 4.78 is 8.17. The van der Waals surface area contributed by atoms with Gasteiger partial charge in [-0.1, -0.05) is 43.7 Å². The van der Waals surface area contributed by atoms with Crippen molar-refractivity contribution >= 4 is 5.96 Å². The van der Waals surface area contributed by atoms with Crippen molar-refractivity contribution < 1.29 is 4.74 Å². The van der Waals surface area contributed by atoms with Crippen molar-refractivity contribution in [2.24, 2.45) is 12.0 Å². The number of rotatable bonds is 7. The van der Waals surface area contributed by atoms with Crippen LogP contribution in [0.15, 0.2) is 35.3 Å². The van der Waals surface area contributed by atoms with Crippen molar-refractivity contribution in [3.8, 4) is 0 Å². The summed E-state index contributed by atoms with van der Waals surface area (Å²) in [4.78, 5) is 9.85. The lowest BCUT2D eigenvalue weighted by Gasteiger charge is -2.36. The first-order chi connectivity index (χ1) is 15.2. The van der Waals surface area contributed by atoms with Gasteiger partial charge < -0.3 is 19.5 Å². The molecule has 0 radical (unpaired) electrons. The quantitative estimate of drug-likeness (QED) is 0.415. The molecule has 1 aromatic heterocycles. The molecule has 2 saturated heterocycles. The zero-order valence-electron chi connectivity index (χ0n) is 19.0. The lowest BCUT2D eigenvalue weighted by molar-refractivity contribution is -0.0502.